The number of nitrogens with zero attached hydrogens (tertiary/aromatic N) is 1. The third-order valence-corrected chi connectivity index (χ3v) is 5.43. The van der Waals surface area contributed by atoms with Gasteiger partial charge in [0.05, 0.1) is 14.2 Å². The van der Waals surface area contributed by atoms with E-state index in [-0.39, 0.29) is 5.92 Å². The molecule has 0 amide bonds. The van der Waals surface area contributed by atoms with E-state index >= 15 is 0 Å². The topological polar surface area (TPSA) is 38.8 Å². The van der Waals surface area contributed by atoms with E-state index in [1.54, 1.807) is 14.2 Å². The van der Waals surface area contributed by atoms with Crippen LogP contribution in [0.3, 0.4) is 0 Å². The molecule has 1 unspecified atom stereocenters. The fourth-order valence-corrected chi connectivity index (χ4v) is 3.82. The van der Waals surface area contributed by atoms with Gasteiger partial charge < -0.3 is 19.2 Å². The molecular formula is C25H35NO3. The minimum Gasteiger partial charge on any atom is -0.497 e. The lowest BCUT2D eigenvalue weighted by molar-refractivity contribution is -0.109. The molecule has 0 aliphatic heterocycles. The summed E-state index contributed by atoms with van der Waals surface area (Å²) >= 11 is 0. The Morgan fingerprint density at radius 2 is 1.79 bits per heavy atom. The Bertz CT molecular complexity index is 772. The quantitative estimate of drug-likeness (QED) is 0.469. The molecule has 0 saturated heterocycles. The van der Waals surface area contributed by atoms with Crippen LogP contribution in [0.2, 0.25) is 0 Å². The van der Waals surface area contributed by atoms with Crippen molar-refractivity contribution in [1.82, 2.24) is 4.90 Å². The lowest BCUT2D eigenvalue weighted by Crippen LogP contribution is -2.23. The second-order valence-corrected chi connectivity index (χ2v) is 7.91. The molecule has 2 rings (SSSR count). The van der Waals surface area contributed by atoms with E-state index in [9.17, 15) is 4.79 Å². The van der Waals surface area contributed by atoms with Gasteiger partial charge in [0.25, 0.3) is 0 Å². The molecule has 0 N–H and O–H groups in total. The molecule has 4 heteroatoms. The van der Waals surface area contributed by atoms with Gasteiger partial charge in [0.1, 0.15) is 17.8 Å². The zero-order valence-electron chi connectivity index (χ0n) is 18.5. The summed E-state index contributed by atoms with van der Waals surface area (Å²) in [4.78, 5) is 14.2. The van der Waals surface area contributed by atoms with Crippen LogP contribution in [0.5, 0.6) is 11.5 Å². The first-order valence-electron chi connectivity index (χ1n) is 10.4. The van der Waals surface area contributed by atoms with E-state index in [1.165, 1.54) is 5.56 Å². The lowest BCUT2D eigenvalue weighted by Gasteiger charge is -2.22. The number of likely N-dealkylation sites (N-methyl/N-ethyl adjacent to an activating group) is 1. The molecule has 4 nitrogen and oxygen atoms in total. The minimum atomic E-state index is -0.0886. The highest BCUT2D eigenvalue weighted by atomic mass is 16.5. The lowest BCUT2D eigenvalue weighted by atomic mass is 9.86. The fourth-order valence-electron chi connectivity index (χ4n) is 3.82. The highest BCUT2D eigenvalue weighted by Gasteiger charge is 2.19. The average molecular weight is 398 g/mol. The third kappa shape index (κ3) is 6.60. The number of aldehydes is 1. The molecule has 1 atom stereocenters. The third-order valence-electron chi connectivity index (χ3n) is 5.43. The molecule has 0 aliphatic carbocycles. The van der Waals surface area contributed by atoms with Crippen molar-refractivity contribution in [3.63, 3.8) is 0 Å². The number of hydrogen-bond acceptors (Lipinski definition) is 4. The summed E-state index contributed by atoms with van der Waals surface area (Å²) in [5.74, 6) is 2.00. The minimum absolute atomic E-state index is 0.0886. The van der Waals surface area contributed by atoms with Crippen molar-refractivity contribution in [3.8, 4) is 11.5 Å². The van der Waals surface area contributed by atoms with Crippen molar-refractivity contribution in [2.75, 3.05) is 34.4 Å². The average Bonchev–Trinajstić information content (AvgIpc) is 2.74. The Labute approximate surface area is 175 Å². The summed E-state index contributed by atoms with van der Waals surface area (Å²) in [5, 5.41) is 0. The zero-order valence-corrected chi connectivity index (χ0v) is 18.5. The molecule has 0 heterocycles. The van der Waals surface area contributed by atoms with Crippen molar-refractivity contribution in [2.45, 2.75) is 44.9 Å². The molecule has 0 fully saturated rings. The van der Waals surface area contributed by atoms with Gasteiger partial charge in [0.15, 0.2) is 0 Å². The monoisotopic (exact) mass is 397 g/mol. The van der Waals surface area contributed by atoms with Crippen LogP contribution in [-0.4, -0.2) is 45.5 Å². The molecule has 0 bridgehead atoms. The Balaban J connectivity index is 1.90. The van der Waals surface area contributed by atoms with Gasteiger partial charge in [0, 0.05) is 18.0 Å². The molecule has 0 spiro atoms. The first kappa shape index (κ1) is 23.0. The van der Waals surface area contributed by atoms with Gasteiger partial charge in [-0.3, -0.25) is 0 Å². The Kier molecular flexibility index (Phi) is 9.20. The molecule has 0 radical (unpaired) electrons. The molecule has 0 aliphatic rings. The van der Waals surface area contributed by atoms with Crippen LogP contribution >= 0.6 is 0 Å². The van der Waals surface area contributed by atoms with Gasteiger partial charge >= 0.3 is 0 Å². The first-order chi connectivity index (χ1) is 14.0. The maximum atomic E-state index is 11.9. The van der Waals surface area contributed by atoms with Crippen molar-refractivity contribution in [2.24, 2.45) is 0 Å². The first-order valence-corrected chi connectivity index (χ1v) is 10.4. The van der Waals surface area contributed by atoms with Crippen molar-refractivity contribution in [1.29, 1.82) is 0 Å². The van der Waals surface area contributed by atoms with E-state index in [0.717, 1.165) is 61.3 Å². The smallest absolute Gasteiger partial charge is 0.127 e. The van der Waals surface area contributed by atoms with Gasteiger partial charge in [-0.25, -0.2) is 0 Å². The van der Waals surface area contributed by atoms with E-state index < -0.39 is 0 Å². The maximum Gasteiger partial charge on any atom is 0.127 e. The number of benzene rings is 2. The Hall–Kier alpha value is -2.33. The molecule has 2 aromatic carbocycles. The predicted molar refractivity (Wildman–Crippen MR) is 119 cm³/mol. The zero-order chi connectivity index (χ0) is 21.2. The Morgan fingerprint density at radius 1 is 1.03 bits per heavy atom. The van der Waals surface area contributed by atoms with Crippen LogP contribution < -0.4 is 9.47 Å². The normalized spacial score (nSPS) is 12.2. The number of hydrogen-bond donors (Lipinski definition) is 0. The van der Waals surface area contributed by atoms with Crippen LogP contribution in [0.1, 0.15) is 55.2 Å². The van der Waals surface area contributed by atoms with Crippen molar-refractivity contribution < 1.29 is 14.3 Å². The van der Waals surface area contributed by atoms with Crippen LogP contribution in [0, 0.1) is 0 Å². The van der Waals surface area contributed by atoms with Gasteiger partial charge in [-0.2, -0.15) is 0 Å². The fraction of sp³-hybridized carbons (Fsp3) is 0.480. The number of carbonyl (C=O) groups excluding carboxylic acids is 1. The second kappa shape index (κ2) is 11.6. The number of ether oxygens (including phenoxy) is 2. The van der Waals surface area contributed by atoms with Gasteiger partial charge in [-0.05, 0) is 68.1 Å². The summed E-state index contributed by atoms with van der Waals surface area (Å²) in [6.07, 6.45) is 3.90. The molecule has 158 valence electrons. The summed E-state index contributed by atoms with van der Waals surface area (Å²) in [5.41, 5.74) is 3.53. The van der Waals surface area contributed by atoms with E-state index in [4.69, 9.17) is 9.47 Å². The van der Waals surface area contributed by atoms with Crippen LogP contribution in [0.15, 0.2) is 42.5 Å². The molecular weight excluding hydrogens is 362 g/mol. The van der Waals surface area contributed by atoms with Gasteiger partial charge in [-0.1, -0.05) is 38.1 Å². The predicted octanol–water partition coefficient (Wildman–Crippen LogP) is 5.06. The molecule has 0 aromatic heterocycles. The van der Waals surface area contributed by atoms with Crippen LogP contribution in [0.25, 0.3) is 0 Å². The SMILES string of the molecule is COc1cccc(CCN(C)CCCC(C=O)c2cccc(OC)c2C(C)C)c1. The number of methoxy groups -OCH3 is 2. The van der Waals surface area contributed by atoms with Crippen molar-refractivity contribution >= 4 is 6.29 Å². The molecule has 2 aromatic rings. The largest absolute Gasteiger partial charge is 0.497 e. The highest BCUT2D eigenvalue weighted by molar-refractivity contribution is 5.64. The number of carbonyl (C=O) groups is 1. The second-order valence-electron chi connectivity index (χ2n) is 7.91. The summed E-state index contributed by atoms with van der Waals surface area (Å²) in [6, 6.07) is 14.3. The van der Waals surface area contributed by atoms with Crippen LogP contribution in [-0.2, 0) is 11.2 Å². The maximum absolute atomic E-state index is 11.9. The summed E-state index contributed by atoms with van der Waals surface area (Å²) in [6.45, 7) is 6.25. The van der Waals surface area contributed by atoms with Crippen LogP contribution in [0.4, 0.5) is 0 Å². The van der Waals surface area contributed by atoms with Gasteiger partial charge in [-0.15, -0.1) is 0 Å². The molecule has 0 saturated carbocycles. The van der Waals surface area contributed by atoms with E-state index in [1.807, 2.05) is 24.3 Å². The summed E-state index contributed by atoms with van der Waals surface area (Å²) in [7, 11) is 5.53. The Morgan fingerprint density at radius 3 is 2.45 bits per heavy atom. The standard InChI is InChI=1S/C25H35NO3/c1-19(2)25-23(12-7-13-24(25)29-5)21(18-27)10-8-15-26(3)16-14-20-9-6-11-22(17-20)28-4/h6-7,9,11-13,17-19,21H,8,10,14-16H2,1-5H3. The van der Waals surface area contributed by atoms with Gasteiger partial charge in [0.2, 0.25) is 0 Å². The van der Waals surface area contributed by atoms with E-state index in [2.05, 4.69) is 44.0 Å². The number of rotatable bonds is 12. The van der Waals surface area contributed by atoms with Crippen molar-refractivity contribution in [3.05, 3.63) is 59.2 Å². The van der Waals surface area contributed by atoms with E-state index in [0.29, 0.717) is 5.92 Å². The molecule has 29 heavy (non-hydrogen) atoms. The highest BCUT2D eigenvalue weighted by Crippen LogP contribution is 2.35. The summed E-state index contributed by atoms with van der Waals surface area (Å²) < 4.78 is 10.8.